The first-order valence-electron chi connectivity index (χ1n) is 8.11. The maximum Gasteiger partial charge on any atom is 0.397 e. The molecular weight excluding hydrogens is 345 g/mol. The van der Waals surface area contributed by atoms with Crippen molar-refractivity contribution >= 4 is 17.8 Å². The lowest BCUT2D eigenvalue weighted by molar-refractivity contribution is -0.155. The maximum atomic E-state index is 12.3. The number of carbonyl (C=O) groups excluding carboxylic acids is 3. The molecular formula is C14H21F3N4O4. The monoisotopic (exact) mass is 366 g/mol. The second kappa shape index (κ2) is 7.89. The van der Waals surface area contributed by atoms with Gasteiger partial charge in [0.1, 0.15) is 12.5 Å². The minimum Gasteiger partial charge on any atom is -0.309 e. The average molecular weight is 366 g/mol. The predicted molar refractivity (Wildman–Crippen MR) is 78.6 cm³/mol. The van der Waals surface area contributed by atoms with Gasteiger partial charge in [-0.25, -0.2) is 4.79 Å². The Balaban J connectivity index is 1.86. The van der Waals surface area contributed by atoms with Crippen LogP contribution in [0.15, 0.2) is 0 Å². The third-order valence-corrected chi connectivity index (χ3v) is 4.04. The van der Waals surface area contributed by atoms with Gasteiger partial charge in [0.2, 0.25) is 5.91 Å². The van der Waals surface area contributed by atoms with Crippen molar-refractivity contribution < 1.29 is 32.4 Å². The third kappa shape index (κ3) is 4.97. The summed E-state index contributed by atoms with van der Waals surface area (Å²) in [7, 11) is 0. The smallest absolute Gasteiger partial charge is 0.309 e. The SMILES string of the molecule is CCCCON1C(=O)N2CC1CC[C@H]2C(=O)NNC(=O)CC(F)(F)F. The fourth-order valence-electron chi connectivity index (χ4n) is 2.82. The molecule has 0 spiro atoms. The van der Waals surface area contributed by atoms with Gasteiger partial charge in [-0.05, 0) is 19.3 Å². The zero-order chi connectivity index (χ0) is 18.6. The van der Waals surface area contributed by atoms with E-state index in [0.29, 0.717) is 26.0 Å². The minimum absolute atomic E-state index is 0.145. The van der Waals surface area contributed by atoms with Crippen LogP contribution in [0.4, 0.5) is 18.0 Å². The van der Waals surface area contributed by atoms with Gasteiger partial charge in [0.15, 0.2) is 0 Å². The van der Waals surface area contributed by atoms with Crippen molar-refractivity contribution in [1.29, 1.82) is 0 Å². The highest BCUT2D eigenvalue weighted by atomic mass is 19.4. The van der Waals surface area contributed by atoms with E-state index in [1.165, 1.54) is 9.96 Å². The molecule has 0 aliphatic carbocycles. The Hall–Kier alpha value is -2.04. The van der Waals surface area contributed by atoms with Crippen LogP contribution in [-0.2, 0) is 14.4 Å². The van der Waals surface area contributed by atoms with Crippen molar-refractivity contribution in [2.45, 2.75) is 57.3 Å². The van der Waals surface area contributed by atoms with Crippen LogP contribution < -0.4 is 10.9 Å². The second-order valence-corrected chi connectivity index (χ2v) is 6.02. The number of piperidine rings is 1. The van der Waals surface area contributed by atoms with E-state index < -0.39 is 36.5 Å². The summed E-state index contributed by atoms with van der Waals surface area (Å²) in [5.74, 6) is -2.09. The molecule has 8 nitrogen and oxygen atoms in total. The van der Waals surface area contributed by atoms with E-state index >= 15 is 0 Å². The van der Waals surface area contributed by atoms with Crippen molar-refractivity contribution in [3.8, 4) is 0 Å². The van der Waals surface area contributed by atoms with Gasteiger partial charge in [-0.15, -0.1) is 0 Å². The number of nitrogens with one attached hydrogen (secondary N) is 2. The molecule has 1 unspecified atom stereocenters. The molecule has 11 heteroatoms. The molecule has 0 aromatic rings. The average Bonchev–Trinajstić information content (AvgIpc) is 2.76. The Morgan fingerprint density at radius 2 is 2.00 bits per heavy atom. The molecule has 0 radical (unpaired) electrons. The molecule has 0 aromatic carbocycles. The van der Waals surface area contributed by atoms with Gasteiger partial charge in [0.25, 0.3) is 5.91 Å². The fourth-order valence-corrected chi connectivity index (χ4v) is 2.82. The molecule has 2 N–H and O–H groups in total. The summed E-state index contributed by atoms with van der Waals surface area (Å²) < 4.78 is 36.2. The van der Waals surface area contributed by atoms with E-state index in [4.69, 9.17) is 4.84 Å². The number of fused-ring (bicyclic) bond motifs is 2. The van der Waals surface area contributed by atoms with Gasteiger partial charge < -0.3 is 4.90 Å². The number of amides is 4. The summed E-state index contributed by atoms with van der Waals surface area (Å²) in [6.45, 7) is 2.70. The van der Waals surface area contributed by atoms with Crippen LogP contribution in [0, 0.1) is 0 Å². The Bertz CT molecular complexity index is 529. The topological polar surface area (TPSA) is 91.0 Å². The normalized spacial score (nSPS) is 23.0. The van der Waals surface area contributed by atoms with Crippen LogP contribution in [0.25, 0.3) is 0 Å². The van der Waals surface area contributed by atoms with E-state index in [0.717, 1.165) is 12.8 Å². The maximum absolute atomic E-state index is 12.3. The molecule has 4 amide bonds. The zero-order valence-electron chi connectivity index (χ0n) is 13.8. The molecule has 2 fully saturated rings. The van der Waals surface area contributed by atoms with Crippen LogP contribution in [0.5, 0.6) is 0 Å². The number of rotatable bonds is 6. The number of halogens is 3. The van der Waals surface area contributed by atoms with Crippen molar-refractivity contribution in [2.24, 2.45) is 0 Å². The summed E-state index contributed by atoms with van der Waals surface area (Å²) in [6, 6.07) is -1.44. The zero-order valence-corrected chi connectivity index (χ0v) is 13.8. The molecule has 0 aromatic heterocycles. The van der Waals surface area contributed by atoms with E-state index in [-0.39, 0.29) is 6.04 Å². The van der Waals surface area contributed by atoms with Gasteiger partial charge in [0.05, 0.1) is 12.6 Å². The molecule has 0 saturated carbocycles. The van der Waals surface area contributed by atoms with Crippen LogP contribution in [-0.4, -0.2) is 59.2 Å². The largest absolute Gasteiger partial charge is 0.397 e. The summed E-state index contributed by atoms with van der Waals surface area (Å²) in [6.07, 6.45) is -3.77. The van der Waals surface area contributed by atoms with Crippen LogP contribution in [0.1, 0.15) is 39.0 Å². The molecule has 142 valence electrons. The second-order valence-electron chi connectivity index (χ2n) is 6.02. The molecule has 2 rings (SSSR count). The quantitative estimate of drug-likeness (QED) is 0.544. The van der Waals surface area contributed by atoms with Gasteiger partial charge in [-0.3, -0.25) is 25.3 Å². The number of urea groups is 1. The highest BCUT2D eigenvalue weighted by Crippen LogP contribution is 2.30. The highest BCUT2D eigenvalue weighted by molar-refractivity contribution is 5.90. The van der Waals surface area contributed by atoms with Crippen molar-refractivity contribution in [1.82, 2.24) is 20.8 Å². The lowest BCUT2D eigenvalue weighted by Crippen LogP contribution is -2.54. The van der Waals surface area contributed by atoms with E-state index in [1.807, 2.05) is 12.3 Å². The Kier molecular flexibility index (Phi) is 6.09. The van der Waals surface area contributed by atoms with Crippen LogP contribution in [0.2, 0.25) is 0 Å². The molecule has 2 bridgehead atoms. The number of unbranched alkanes of at least 4 members (excludes halogenated alkanes) is 1. The molecule has 2 atom stereocenters. The van der Waals surface area contributed by atoms with Crippen molar-refractivity contribution in [3.05, 3.63) is 0 Å². The molecule has 2 saturated heterocycles. The number of alkyl halides is 3. The minimum atomic E-state index is -4.66. The number of carbonyl (C=O) groups is 3. The first-order valence-corrected chi connectivity index (χ1v) is 8.11. The van der Waals surface area contributed by atoms with Crippen LogP contribution >= 0.6 is 0 Å². The van der Waals surface area contributed by atoms with Crippen molar-refractivity contribution in [2.75, 3.05) is 13.2 Å². The molecule has 2 heterocycles. The molecule has 2 aliphatic rings. The van der Waals surface area contributed by atoms with E-state index in [2.05, 4.69) is 0 Å². The van der Waals surface area contributed by atoms with Crippen LogP contribution in [0.3, 0.4) is 0 Å². The summed E-state index contributed by atoms with van der Waals surface area (Å²) >= 11 is 0. The fraction of sp³-hybridized carbons (Fsp3) is 0.786. The number of hydrazine groups is 1. The lowest BCUT2D eigenvalue weighted by atomic mass is 10.0. The number of nitrogens with zero attached hydrogens (tertiary/aromatic N) is 2. The number of hydrogen-bond acceptors (Lipinski definition) is 4. The van der Waals surface area contributed by atoms with E-state index in [1.54, 1.807) is 5.43 Å². The number of hydrogen-bond donors (Lipinski definition) is 2. The van der Waals surface area contributed by atoms with E-state index in [9.17, 15) is 27.6 Å². The Morgan fingerprint density at radius 3 is 2.64 bits per heavy atom. The van der Waals surface area contributed by atoms with Gasteiger partial charge in [-0.1, -0.05) is 13.3 Å². The first-order chi connectivity index (χ1) is 11.7. The first kappa shape index (κ1) is 19.3. The highest BCUT2D eigenvalue weighted by Gasteiger charge is 2.48. The van der Waals surface area contributed by atoms with Gasteiger partial charge in [-0.2, -0.15) is 18.2 Å². The van der Waals surface area contributed by atoms with Crippen molar-refractivity contribution in [3.63, 3.8) is 0 Å². The molecule has 25 heavy (non-hydrogen) atoms. The molecule has 2 aliphatic heterocycles. The summed E-state index contributed by atoms with van der Waals surface area (Å²) in [4.78, 5) is 42.3. The lowest BCUT2D eigenvalue weighted by Gasteiger charge is -2.29. The summed E-state index contributed by atoms with van der Waals surface area (Å²) in [5, 5.41) is 1.27. The Morgan fingerprint density at radius 1 is 1.28 bits per heavy atom. The predicted octanol–water partition coefficient (Wildman–Crippen LogP) is 1.09. The van der Waals surface area contributed by atoms with Gasteiger partial charge in [0, 0.05) is 6.54 Å². The van der Waals surface area contributed by atoms with Gasteiger partial charge >= 0.3 is 12.2 Å². The number of hydroxylamine groups is 2. The Labute approximate surface area is 142 Å². The standard InChI is InChI=1S/C14H21F3N4O4/c1-2-3-6-25-21-9-4-5-10(20(8-9)13(21)24)12(23)19-18-11(22)7-14(15,16)17/h9-10H,2-8H2,1H3,(H,18,22)(H,19,23)/t9?,10-/m0/s1. The third-order valence-electron chi connectivity index (χ3n) is 4.04. The summed E-state index contributed by atoms with van der Waals surface area (Å²) in [5.41, 5.74) is 3.67.